The number of rotatable bonds is 3. The summed E-state index contributed by atoms with van der Waals surface area (Å²) in [7, 11) is 0. The van der Waals surface area contributed by atoms with Crippen molar-refractivity contribution in [2.45, 2.75) is 55.2 Å². The Bertz CT molecular complexity index is 327. The second-order valence-electron chi connectivity index (χ2n) is 6.45. The van der Waals surface area contributed by atoms with Crippen LogP contribution < -0.4 is 0 Å². The van der Waals surface area contributed by atoms with E-state index in [2.05, 4.69) is 18.7 Å². The highest BCUT2D eigenvalue weighted by molar-refractivity contribution is 6.67. The fourth-order valence-electron chi connectivity index (χ4n) is 3.96. The molecule has 2 aliphatic rings. The molecule has 0 aliphatic heterocycles. The maximum absolute atomic E-state index is 6.03. The van der Waals surface area contributed by atoms with Gasteiger partial charge in [0.1, 0.15) is 0 Å². The van der Waals surface area contributed by atoms with Gasteiger partial charge in [-0.05, 0) is 69.1 Å². The van der Waals surface area contributed by atoms with Crippen LogP contribution in [-0.2, 0) is 0 Å². The lowest BCUT2D eigenvalue weighted by Crippen LogP contribution is -2.29. The molecule has 114 valence electrons. The third-order valence-corrected chi connectivity index (χ3v) is 6.16. The first-order valence-electron chi connectivity index (χ1n) is 7.86. The van der Waals surface area contributed by atoms with E-state index in [-0.39, 0.29) is 5.92 Å². The van der Waals surface area contributed by atoms with Crippen LogP contribution >= 0.6 is 34.8 Å². The smallest absolute Gasteiger partial charge is 0.0991 e. The van der Waals surface area contributed by atoms with Crippen molar-refractivity contribution in [3.63, 3.8) is 0 Å². The summed E-state index contributed by atoms with van der Waals surface area (Å²) in [4.78, 5) is 0. The molecule has 2 aliphatic carbocycles. The SMILES string of the molecule is C=C/C=C/C1CCC(C2CCC(C(Cl)(Cl)Cl)CC2)CC1. The Morgan fingerprint density at radius 2 is 1.30 bits per heavy atom. The van der Waals surface area contributed by atoms with Crippen molar-refractivity contribution in [3.05, 3.63) is 24.8 Å². The molecule has 0 nitrogen and oxygen atoms in total. The Kier molecular flexibility index (Phi) is 6.32. The molecule has 0 aromatic rings. The molecule has 0 radical (unpaired) electrons. The Morgan fingerprint density at radius 1 is 0.800 bits per heavy atom. The topological polar surface area (TPSA) is 0 Å². The second-order valence-corrected chi connectivity index (χ2v) is 8.82. The lowest BCUT2D eigenvalue weighted by Gasteiger charge is -2.39. The van der Waals surface area contributed by atoms with Crippen LogP contribution in [0.25, 0.3) is 0 Å². The predicted molar refractivity (Wildman–Crippen MR) is 90.5 cm³/mol. The first kappa shape index (κ1) is 16.7. The summed E-state index contributed by atoms with van der Waals surface area (Å²) in [6.07, 6.45) is 16.4. The standard InChI is InChI=1S/C17H25Cl3/c1-2-3-4-13-5-7-14(8-6-13)15-9-11-16(12-10-15)17(18,19)20/h2-4,13-16H,1,5-12H2/b4-3+. The summed E-state index contributed by atoms with van der Waals surface area (Å²) in [5, 5.41) is 0. The molecule has 0 bridgehead atoms. The summed E-state index contributed by atoms with van der Waals surface area (Å²) in [6.45, 7) is 3.74. The highest BCUT2D eigenvalue weighted by atomic mass is 35.6. The van der Waals surface area contributed by atoms with Gasteiger partial charge in [0.15, 0.2) is 3.79 Å². The van der Waals surface area contributed by atoms with Gasteiger partial charge >= 0.3 is 0 Å². The molecule has 0 amide bonds. The molecule has 0 spiro atoms. The molecule has 0 aromatic heterocycles. The second kappa shape index (κ2) is 7.56. The van der Waals surface area contributed by atoms with Gasteiger partial charge < -0.3 is 0 Å². The fraction of sp³-hybridized carbons (Fsp3) is 0.765. The van der Waals surface area contributed by atoms with Crippen LogP contribution in [0.2, 0.25) is 0 Å². The van der Waals surface area contributed by atoms with Crippen molar-refractivity contribution in [2.75, 3.05) is 0 Å². The van der Waals surface area contributed by atoms with Gasteiger partial charge in [0.25, 0.3) is 0 Å². The summed E-state index contributed by atoms with van der Waals surface area (Å²) >= 11 is 18.1. The van der Waals surface area contributed by atoms with E-state index < -0.39 is 3.79 Å². The van der Waals surface area contributed by atoms with Gasteiger partial charge in [-0.1, -0.05) is 59.6 Å². The van der Waals surface area contributed by atoms with Crippen LogP contribution in [0.5, 0.6) is 0 Å². The number of hydrogen-bond acceptors (Lipinski definition) is 0. The molecule has 2 fully saturated rings. The molecule has 3 heteroatoms. The van der Waals surface area contributed by atoms with Gasteiger partial charge in [-0.2, -0.15) is 0 Å². The van der Waals surface area contributed by atoms with E-state index >= 15 is 0 Å². The maximum atomic E-state index is 6.03. The van der Waals surface area contributed by atoms with Gasteiger partial charge in [-0.25, -0.2) is 0 Å². The van der Waals surface area contributed by atoms with Crippen LogP contribution in [0.1, 0.15) is 51.4 Å². The molecule has 0 N–H and O–H groups in total. The quantitative estimate of drug-likeness (QED) is 0.397. The van der Waals surface area contributed by atoms with Crippen molar-refractivity contribution in [3.8, 4) is 0 Å². The molecule has 0 atom stereocenters. The zero-order chi connectivity index (χ0) is 14.6. The van der Waals surface area contributed by atoms with Crippen molar-refractivity contribution in [2.24, 2.45) is 23.7 Å². The lowest BCUT2D eigenvalue weighted by molar-refractivity contribution is 0.156. The van der Waals surface area contributed by atoms with E-state index in [4.69, 9.17) is 34.8 Å². The Balaban J connectivity index is 1.76. The average Bonchev–Trinajstić information content (AvgIpc) is 2.45. The molecule has 0 heterocycles. The normalized spacial score (nSPS) is 36.1. The van der Waals surface area contributed by atoms with Crippen molar-refractivity contribution < 1.29 is 0 Å². The monoisotopic (exact) mass is 334 g/mol. The third-order valence-electron chi connectivity index (χ3n) is 5.24. The summed E-state index contributed by atoms with van der Waals surface area (Å²) in [5.74, 6) is 2.79. The summed E-state index contributed by atoms with van der Waals surface area (Å²) in [5.41, 5.74) is 0. The highest BCUT2D eigenvalue weighted by Crippen LogP contribution is 2.47. The first-order valence-corrected chi connectivity index (χ1v) is 9.00. The molecule has 20 heavy (non-hydrogen) atoms. The van der Waals surface area contributed by atoms with E-state index in [1.54, 1.807) is 0 Å². The van der Waals surface area contributed by atoms with Crippen molar-refractivity contribution in [1.82, 2.24) is 0 Å². The van der Waals surface area contributed by atoms with Crippen molar-refractivity contribution in [1.29, 1.82) is 0 Å². The molecule has 0 saturated heterocycles. The summed E-state index contributed by atoms with van der Waals surface area (Å²) in [6, 6.07) is 0. The van der Waals surface area contributed by atoms with E-state index in [0.717, 1.165) is 30.6 Å². The van der Waals surface area contributed by atoms with E-state index in [1.807, 2.05) is 6.08 Å². The first-order chi connectivity index (χ1) is 9.50. The van der Waals surface area contributed by atoms with Crippen LogP contribution in [0.4, 0.5) is 0 Å². The van der Waals surface area contributed by atoms with Gasteiger partial charge in [0.2, 0.25) is 0 Å². The minimum absolute atomic E-state index is 0.260. The number of allylic oxidation sites excluding steroid dienone is 3. The van der Waals surface area contributed by atoms with E-state index in [1.165, 1.54) is 38.5 Å². The van der Waals surface area contributed by atoms with Crippen LogP contribution in [0.3, 0.4) is 0 Å². The Morgan fingerprint density at radius 3 is 1.75 bits per heavy atom. The average molecular weight is 336 g/mol. The van der Waals surface area contributed by atoms with Gasteiger partial charge in [0.05, 0.1) is 0 Å². The van der Waals surface area contributed by atoms with Crippen LogP contribution in [0.15, 0.2) is 24.8 Å². The number of hydrogen-bond donors (Lipinski definition) is 0. The van der Waals surface area contributed by atoms with Crippen LogP contribution in [0, 0.1) is 23.7 Å². The lowest BCUT2D eigenvalue weighted by atomic mass is 9.69. The zero-order valence-electron chi connectivity index (χ0n) is 12.0. The van der Waals surface area contributed by atoms with Gasteiger partial charge in [0, 0.05) is 5.92 Å². The molecule has 0 aromatic carbocycles. The predicted octanol–water partition coefficient (Wildman–Crippen LogP) is 6.71. The minimum atomic E-state index is -1.06. The van der Waals surface area contributed by atoms with E-state index in [0.29, 0.717) is 0 Å². The molecule has 2 rings (SSSR count). The summed E-state index contributed by atoms with van der Waals surface area (Å²) < 4.78 is -1.06. The Hall–Kier alpha value is 0.350. The largest absolute Gasteiger partial charge is 0.193 e. The van der Waals surface area contributed by atoms with Gasteiger partial charge in [-0.15, -0.1) is 0 Å². The van der Waals surface area contributed by atoms with E-state index in [9.17, 15) is 0 Å². The molecule has 2 saturated carbocycles. The van der Waals surface area contributed by atoms with Crippen molar-refractivity contribution >= 4 is 34.8 Å². The number of halogens is 3. The maximum Gasteiger partial charge on any atom is 0.193 e. The number of alkyl halides is 3. The third kappa shape index (κ3) is 4.68. The Labute approximate surface area is 138 Å². The fourth-order valence-corrected chi connectivity index (χ4v) is 4.62. The highest BCUT2D eigenvalue weighted by Gasteiger charge is 2.37. The van der Waals surface area contributed by atoms with Crippen LogP contribution in [-0.4, -0.2) is 3.79 Å². The minimum Gasteiger partial charge on any atom is -0.0991 e. The zero-order valence-corrected chi connectivity index (χ0v) is 14.3. The molecule has 0 unspecified atom stereocenters. The molecular formula is C17H25Cl3. The molecular weight excluding hydrogens is 311 g/mol. The van der Waals surface area contributed by atoms with Gasteiger partial charge in [-0.3, -0.25) is 0 Å².